The van der Waals surface area contributed by atoms with Crippen molar-refractivity contribution in [3.05, 3.63) is 79.6 Å². The second-order valence-electron chi connectivity index (χ2n) is 5.41. The molecule has 2 aromatic rings. The molecule has 27 heavy (non-hydrogen) atoms. The first kappa shape index (κ1) is 23.2. The van der Waals surface area contributed by atoms with Gasteiger partial charge in [0.25, 0.3) is 0 Å². The highest BCUT2D eigenvalue weighted by atomic mass is 127. The average molecular weight is 494 g/mol. The Morgan fingerprint density at radius 1 is 1.00 bits per heavy atom. The van der Waals surface area contributed by atoms with E-state index in [1.807, 2.05) is 24.3 Å². The van der Waals surface area contributed by atoms with Crippen LogP contribution in [-0.4, -0.2) is 13.2 Å². The van der Waals surface area contributed by atoms with Crippen LogP contribution in [0.15, 0.2) is 70.5 Å². The molecule has 2 aromatic carbocycles. The molecule has 0 saturated carbocycles. The van der Waals surface area contributed by atoms with Crippen LogP contribution >= 0.6 is 0 Å². The smallest absolute Gasteiger partial charge is 0.427 e. The lowest BCUT2D eigenvalue weighted by Crippen LogP contribution is -3.59. The fourth-order valence-electron chi connectivity index (χ4n) is 2.04. The first-order chi connectivity index (χ1) is 12.7. The van der Waals surface area contributed by atoms with Crippen LogP contribution in [0.4, 0.5) is 17.3 Å². The van der Waals surface area contributed by atoms with Crippen molar-refractivity contribution in [1.29, 1.82) is 0 Å². The summed E-state index contributed by atoms with van der Waals surface area (Å²) in [6.07, 6.45) is 2.80. The summed E-state index contributed by atoms with van der Waals surface area (Å²) in [7, 11) is -6.00. The standard InChI is InChI=1S/C19H20IO2.BF4/c1-16(21)22-19(15-20-18-12-6-3-7-13-18)14-8-11-17-9-4-2-5-10-17;2-1(3,4)5/h2-7,9-10,12-13,15H,8,11,14H2,1H3;/q+1;-1/b19-15-;. The molecule has 2 rings (SSSR count). The maximum absolute atomic E-state index is 11.2. The summed E-state index contributed by atoms with van der Waals surface area (Å²) in [5, 5.41) is 0. The average Bonchev–Trinajstić information content (AvgIpc) is 2.59. The monoisotopic (exact) mass is 494 g/mol. The van der Waals surface area contributed by atoms with Gasteiger partial charge < -0.3 is 22.0 Å². The van der Waals surface area contributed by atoms with E-state index in [1.54, 1.807) is 0 Å². The van der Waals surface area contributed by atoms with Gasteiger partial charge in [0.2, 0.25) is 0 Å². The first-order valence-corrected chi connectivity index (χ1v) is 10.5. The fraction of sp³-hybridized carbons (Fsp3) is 0.211. The van der Waals surface area contributed by atoms with E-state index >= 15 is 0 Å². The quantitative estimate of drug-likeness (QED) is 0.195. The molecular weight excluding hydrogens is 474 g/mol. The molecular formula is C19H20BF4IO2. The van der Waals surface area contributed by atoms with E-state index < -0.39 is 7.25 Å². The van der Waals surface area contributed by atoms with Gasteiger partial charge in [-0.1, -0.05) is 48.5 Å². The number of halogens is 5. The molecule has 0 aromatic heterocycles. The van der Waals surface area contributed by atoms with E-state index in [4.69, 9.17) is 4.74 Å². The van der Waals surface area contributed by atoms with Crippen molar-refractivity contribution in [2.24, 2.45) is 0 Å². The van der Waals surface area contributed by atoms with Gasteiger partial charge in [-0.25, -0.2) is 0 Å². The van der Waals surface area contributed by atoms with E-state index in [-0.39, 0.29) is 27.2 Å². The summed E-state index contributed by atoms with van der Waals surface area (Å²) < 4.78 is 47.8. The molecule has 0 bridgehead atoms. The summed E-state index contributed by atoms with van der Waals surface area (Å²) in [6, 6.07) is 20.8. The Hall–Kier alpha value is -1.84. The van der Waals surface area contributed by atoms with Crippen molar-refractivity contribution >= 4 is 13.2 Å². The van der Waals surface area contributed by atoms with Crippen LogP contribution in [0.1, 0.15) is 25.3 Å². The largest absolute Gasteiger partial charge is 0.673 e. The molecule has 0 heterocycles. The Bertz CT molecular complexity index is 701. The number of hydrogen-bond donors (Lipinski definition) is 0. The summed E-state index contributed by atoms with van der Waals surface area (Å²) in [5.41, 5.74) is 1.32. The molecule has 0 aliphatic heterocycles. The second-order valence-corrected chi connectivity index (χ2v) is 7.90. The lowest BCUT2D eigenvalue weighted by Gasteiger charge is -2.04. The minimum atomic E-state index is -6.00. The second kappa shape index (κ2) is 12.5. The van der Waals surface area contributed by atoms with E-state index in [0.717, 1.165) is 25.0 Å². The third-order valence-electron chi connectivity index (χ3n) is 3.04. The Balaban J connectivity index is 0.000000646. The number of ether oxygens (including phenoxy) is 1. The number of rotatable bonds is 7. The van der Waals surface area contributed by atoms with Crippen molar-refractivity contribution in [1.82, 2.24) is 0 Å². The SMILES string of the molecule is CC(=O)O/C(=C\[I+]c1ccccc1)CCCc1ccccc1.F[B-](F)(F)F. The zero-order valence-corrected chi connectivity index (χ0v) is 16.9. The number of aryl methyl sites for hydroxylation is 1. The molecule has 8 heteroatoms. The van der Waals surface area contributed by atoms with Gasteiger partial charge in [-0.3, -0.25) is 4.79 Å². The molecule has 2 nitrogen and oxygen atoms in total. The number of benzene rings is 2. The molecule has 146 valence electrons. The molecule has 0 amide bonds. The summed E-state index contributed by atoms with van der Waals surface area (Å²) in [6.45, 7) is 1.46. The molecule has 0 spiro atoms. The molecule has 0 saturated heterocycles. The van der Waals surface area contributed by atoms with Crippen LogP contribution in [0.5, 0.6) is 0 Å². The first-order valence-electron chi connectivity index (χ1n) is 8.21. The van der Waals surface area contributed by atoms with Gasteiger partial charge in [0.15, 0.2) is 13.4 Å². The molecule has 0 aliphatic rings. The van der Waals surface area contributed by atoms with Crippen molar-refractivity contribution in [2.45, 2.75) is 26.2 Å². The highest BCUT2D eigenvalue weighted by molar-refractivity contribution is 6.50. The van der Waals surface area contributed by atoms with Crippen molar-refractivity contribution < 1.29 is 48.0 Å². The zero-order valence-electron chi connectivity index (χ0n) is 14.8. The minimum absolute atomic E-state index is 0.233. The van der Waals surface area contributed by atoms with Gasteiger partial charge in [0, 0.05) is 13.3 Å². The number of carbonyl (C=O) groups is 1. The highest BCUT2D eigenvalue weighted by Crippen LogP contribution is 2.10. The van der Waals surface area contributed by atoms with Crippen molar-refractivity contribution in [2.75, 3.05) is 0 Å². The van der Waals surface area contributed by atoms with Crippen LogP contribution in [0.2, 0.25) is 0 Å². The minimum Gasteiger partial charge on any atom is -0.427 e. The lowest BCUT2D eigenvalue weighted by atomic mass is 10.1. The zero-order chi connectivity index (χ0) is 20.1. The van der Waals surface area contributed by atoms with Gasteiger partial charge in [0.05, 0.1) is 0 Å². The number of hydrogen-bond acceptors (Lipinski definition) is 2. The van der Waals surface area contributed by atoms with E-state index in [1.165, 1.54) is 16.1 Å². The van der Waals surface area contributed by atoms with Crippen LogP contribution in [0.25, 0.3) is 0 Å². The summed E-state index contributed by atoms with van der Waals surface area (Å²) >= 11 is -0.258. The molecule has 0 atom stereocenters. The van der Waals surface area contributed by atoms with Crippen molar-refractivity contribution in [3.8, 4) is 0 Å². The van der Waals surface area contributed by atoms with Gasteiger partial charge in [0.1, 0.15) is 0 Å². The van der Waals surface area contributed by atoms with Gasteiger partial charge in [-0.2, -0.15) is 0 Å². The Morgan fingerprint density at radius 3 is 2.04 bits per heavy atom. The van der Waals surface area contributed by atoms with Gasteiger partial charge in [-0.15, -0.1) is 0 Å². The third-order valence-corrected chi connectivity index (χ3v) is 5.49. The molecule has 0 fully saturated rings. The Morgan fingerprint density at radius 2 is 1.52 bits per heavy atom. The highest BCUT2D eigenvalue weighted by Gasteiger charge is 2.20. The molecule has 0 N–H and O–H groups in total. The maximum atomic E-state index is 11.2. The summed E-state index contributed by atoms with van der Waals surface area (Å²) in [5.74, 6) is 0.586. The predicted molar refractivity (Wildman–Crippen MR) is 94.6 cm³/mol. The number of carbonyl (C=O) groups excluding carboxylic acids is 1. The Labute approximate surface area is 167 Å². The molecule has 0 aliphatic carbocycles. The maximum Gasteiger partial charge on any atom is 0.673 e. The van der Waals surface area contributed by atoms with E-state index in [0.29, 0.717) is 0 Å². The van der Waals surface area contributed by atoms with Crippen LogP contribution in [0, 0.1) is 3.57 Å². The Kier molecular flexibility index (Phi) is 10.8. The van der Waals surface area contributed by atoms with Crippen molar-refractivity contribution in [3.63, 3.8) is 0 Å². The van der Waals surface area contributed by atoms with Crippen LogP contribution < -0.4 is 21.2 Å². The fourth-order valence-corrected chi connectivity index (χ4v) is 4.01. The normalized spacial score (nSPS) is 11.4. The van der Waals surface area contributed by atoms with Crippen LogP contribution in [0.3, 0.4) is 0 Å². The number of esters is 1. The lowest BCUT2D eigenvalue weighted by molar-refractivity contribution is -0.558. The van der Waals surface area contributed by atoms with Crippen LogP contribution in [-0.2, 0) is 16.0 Å². The molecule has 0 unspecified atom stereocenters. The van der Waals surface area contributed by atoms with Gasteiger partial charge >= 0.3 is 34.4 Å². The van der Waals surface area contributed by atoms with E-state index in [2.05, 4.69) is 40.5 Å². The van der Waals surface area contributed by atoms with E-state index in [9.17, 15) is 22.1 Å². The predicted octanol–water partition coefficient (Wildman–Crippen LogP) is 2.67. The number of allylic oxidation sites excluding steroid dienone is 1. The topological polar surface area (TPSA) is 26.3 Å². The van der Waals surface area contributed by atoms with Gasteiger partial charge in [-0.05, 0) is 30.5 Å². The molecule has 0 radical (unpaired) electrons. The third kappa shape index (κ3) is 14.0. The summed E-state index contributed by atoms with van der Waals surface area (Å²) in [4.78, 5) is 11.2.